The summed E-state index contributed by atoms with van der Waals surface area (Å²) in [5.74, 6) is -1.21. The Labute approximate surface area is 178 Å². The number of fused-ring (bicyclic) bond motifs is 1. The van der Waals surface area contributed by atoms with Crippen LogP contribution in [-0.4, -0.2) is 65.4 Å². The van der Waals surface area contributed by atoms with Crippen LogP contribution in [-0.2, 0) is 19.1 Å². The Morgan fingerprint density at radius 3 is 2.17 bits per heavy atom. The van der Waals surface area contributed by atoms with Crippen LogP contribution in [0.25, 0.3) is 0 Å². The minimum absolute atomic E-state index is 0.0883. The molecule has 1 aliphatic carbocycles. The first-order chi connectivity index (χ1) is 14.3. The van der Waals surface area contributed by atoms with Crippen LogP contribution in [0.4, 0.5) is 4.79 Å². The summed E-state index contributed by atoms with van der Waals surface area (Å²) in [6, 6.07) is -0.867. The summed E-state index contributed by atoms with van der Waals surface area (Å²) in [7, 11) is 0. The van der Waals surface area contributed by atoms with Crippen molar-refractivity contribution in [1.82, 2.24) is 15.1 Å². The van der Waals surface area contributed by atoms with Gasteiger partial charge in [0.1, 0.15) is 6.04 Å². The number of hydrogen-bond acceptors (Lipinski definition) is 5. The standard InChI is InChI=1S/C22H33N3O5/c1-4-30-22(29)24-11-9-15(10-12-24)23-19(26)18(13-14(2)3)25-20(27)16-7-5-6-8-17(16)21(25)28/h5-6,14-18H,4,7-13H2,1-3H3,(H,23,26)/t16-,17-,18-/m0/s1. The van der Waals surface area contributed by atoms with Crippen molar-refractivity contribution in [3.63, 3.8) is 0 Å². The van der Waals surface area contributed by atoms with Crippen molar-refractivity contribution >= 4 is 23.8 Å². The predicted octanol–water partition coefficient (Wildman–Crippen LogP) is 2.09. The Bertz CT molecular complexity index is 686. The number of piperidine rings is 1. The molecule has 3 rings (SSSR count). The summed E-state index contributed by atoms with van der Waals surface area (Å²) >= 11 is 0. The molecular weight excluding hydrogens is 386 g/mol. The lowest BCUT2D eigenvalue weighted by molar-refractivity contribution is -0.148. The lowest BCUT2D eigenvalue weighted by Gasteiger charge is -2.34. The highest BCUT2D eigenvalue weighted by molar-refractivity contribution is 6.08. The van der Waals surface area contributed by atoms with Crippen molar-refractivity contribution < 1.29 is 23.9 Å². The van der Waals surface area contributed by atoms with E-state index in [1.165, 1.54) is 4.90 Å². The second kappa shape index (κ2) is 9.62. The van der Waals surface area contributed by atoms with Crippen LogP contribution in [0.1, 0.15) is 52.9 Å². The van der Waals surface area contributed by atoms with Gasteiger partial charge in [-0.1, -0.05) is 26.0 Å². The average Bonchev–Trinajstić information content (AvgIpc) is 2.97. The fourth-order valence-electron chi connectivity index (χ4n) is 4.63. The molecule has 0 aromatic heterocycles. The zero-order chi connectivity index (χ0) is 21.8. The third kappa shape index (κ3) is 4.68. The SMILES string of the molecule is CCOC(=O)N1CCC(NC(=O)[C@H](CC(C)C)N2C(=O)[C@H]3CC=CC[C@@H]3C2=O)CC1. The first kappa shape index (κ1) is 22.3. The molecular formula is C22H33N3O5. The van der Waals surface area contributed by atoms with Gasteiger partial charge < -0.3 is 15.0 Å². The van der Waals surface area contributed by atoms with E-state index in [2.05, 4.69) is 5.32 Å². The molecule has 0 spiro atoms. The summed E-state index contributed by atoms with van der Waals surface area (Å²) in [6.45, 7) is 7.09. The molecule has 30 heavy (non-hydrogen) atoms. The Morgan fingerprint density at radius 1 is 1.10 bits per heavy atom. The zero-order valence-corrected chi connectivity index (χ0v) is 18.1. The fraction of sp³-hybridized carbons (Fsp3) is 0.727. The van der Waals surface area contributed by atoms with Crippen molar-refractivity contribution in [3.05, 3.63) is 12.2 Å². The number of hydrogen-bond donors (Lipinski definition) is 1. The molecule has 4 amide bonds. The molecule has 0 saturated carbocycles. The molecule has 3 atom stereocenters. The minimum Gasteiger partial charge on any atom is -0.450 e. The number of rotatable bonds is 6. The lowest BCUT2D eigenvalue weighted by Crippen LogP contribution is -2.54. The van der Waals surface area contributed by atoms with Crippen LogP contribution in [0.3, 0.4) is 0 Å². The van der Waals surface area contributed by atoms with Crippen molar-refractivity contribution in [2.24, 2.45) is 17.8 Å². The minimum atomic E-state index is -0.779. The molecule has 0 unspecified atom stereocenters. The maximum Gasteiger partial charge on any atom is 0.409 e. The van der Waals surface area contributed by atoms with Gasteiger partial charge in [-0.15, -0.1) is 0 Å². The van der Waals surface area contributed by atoms with E-state index in [0.717, 1.165) is 0 Å². The van der Waals surface area contributed by atoms with E-state index in [1.54, 1.807) is 11.8 Å². The summed E-state index contributed by atoms with van der Waals surface area (Å²) < 4.78 is 5.03. The maximum absolute atomic E-state index is 13.2. The van der Waals surface area contributed by atoms with E-state index in [0.29, 0.717) is 51.8 Å². The number of carbonyl (C=O) groups is 4. The van der Waals surface area contributed by atoms with E-state index in [1.807, 2.05) is 26.0 Å². The van der Waals surface area contributed by atoms with Crippen LogP contribution >= 0.6 is 0 Å². The number of nitrogens with one attached hydrogen (secondary N) is 1. The molecule has 2 saturated heterocycles. The van der Waals surface area contributed by atoms with E-state index >= 15 is 0 Å². The molecule has 0 radical (unpaired) electrons. The summed E-state index contributed by atoms with van der Waals surface area (Å²) in [4.78, 5) is 53.9. The van der Waals surface area contributed by atoms with Gasteiger partial charge in [-0.05, 0) is 44.9 Å². The van der Waals surface area contributed by atoms with Crippen molar-refractivity contribution in [2.75, 3.05) is 19.7 Å². The Hall–Kier alpha value is -2.38. The molecule has 0 aromatic carbocycles. The number of amides is 4. The lowest BCUT2D eigenvalue weighted by atomic mass is 9.85. The maximum atomic E-state index is 13.2. The van der Waals surface area contributed by atoms with Gasteiger partial charge in [0.05, 0.1) is 18.4 Å². The number of likely N-dealkylation sites (tertiary alicyclic amines) is 2. The fourth-order valence-corrected chi connectivity index (χ4v) is 4.63. The molecule has 2 heterocycles. The Balaban J connectivity index is 1.65. The summed E-state index contributed by atoms with van der Waals surface area (Å²) in [5.41, 5.74) is 0. The van der Waals surface area contributed by atoms with Crippen molar-refractivity contribution in [1.29, 1.82) is 0 Å². The smallest absolute Gasteiger partial charge is 0.409 e. The van der Waals surface area contributed by atoms with Crippen LogP contribution in [0, 0.1) is 17.8 Å². The quantitative estimate of drug-likeness (QED) is 0.525. The molecule has 0 aromatic rings. The van der Waals surface area contributed by atoms with Gasteiger partial charge >= 0.3 is 6.09 Å². The van der Waals surface area contributed by atoms with E-state index in [4.69, 9.17) is 4.74 Å². The highest BCUT2D eigenvalue weighted by atomic mass is 16.6. The molecule has 8 heteroatoms. The van der Waals surface area contributed by atoms with Gasteiger partial charge in [-0.3, -0.25) is 19.3 Å². The summed E-state index contributed by atoms with van der Waals surface area (Å²) in [6.07, 6.45) is 6.38. The van der Waals surface area contributed by atoms with Gasteiger partial charge in [0.25, 0.3) is 0 Å². The normalized spacial score (nSPS) is 25.5. The number of allylic oxidation sites excluding steroid dienone is 2. The van der Waals surface area contributed by atoms with E-state index in [-0.39, 0.29) is 47.6 Å². The van der Waals surface area contributed by atoms with Crippen LogP contribution < -0.4 is 5.32 Å². The van der Waals surface area contributed by atoms with Gasteiger partial charge in [0.2, 0.25) is 17.7 Å². The van der Waals surface area contributed by atoms with Crippen molar-refractivity contribution in [3.8, 4) is 0 Å². The number of carbonyl (C=O) groups excluding carboxylic acids is 4. The van der Waals surface area contributed by atoms with Crippen molar-refractivity contribution in [2.45, 2.75) is 65.0 Å². The van der Waals surface area contributed by atoms with E-state index in [9.17, 15) is 19.2 Å². The molecule has 8 nitrogen and oxygen atoms in total. The first-order valence-corrected chi connectivity index (χ1v) is 11.1. The third-order valence-electron chi connectivity index (χ3n) is 6.22. The zero-order valence-electron chi connectivity index (χ0n) is 18.1. The average molecular weight is 420 g/mol. The monoisotopic (exact) mass is 419 g/mol. The van der Waals surface area contributed by atoms with Crippen LogP contribution in [0.2, 0.25) is 0 Å². The Kier molecular flexibility index (Phi) is 7.15. The predicted molar refractivity (Wildman–Crippen MR) is 110 cm³/mol. The van der Waals surface area contributed by atoms with Gasteiger partial charge in [0, 0.05) is 19.1 Å². The van der Waals surface area contributed by atoms with Gasteiger partial charge in [-0.2, -0.15) is 0 Å². The molecule has 2 aliphatic heterocycles. The second-order valence-corrected chi connectivity index (χ2v) is 8.82. The molecule has 3 aliphatic rings. The molecule has 1 N–H and O–H groups in total. The second-order valence-electron chi connectivity index (χ2n) is 8.82. The highest BCUT2D eigenvalue weighted by Gasteiger charge is 2.51. The van der Waals surface area contributed by atoms with Gasteiger partial charge in [0.15, 0.2) is 0 Å². The van der Waals surface area contributed by atoms with Gasteiger partial charge in [-0.25, -0.2) is 4.79 Å². The number of ether oxygens (including phenoxy) is 1. The molecule has 166 valence electrons. The molecule has 2 fully saturated rings. The van der Waals surface area contributed by atoms with Crippen LogP contribution in [0.15, 0.2) is 12.2 Å². The first-order valence-electron chi connectivity index (χ1n) is 11.1. The molecule has 0 bridgehead atoms. The summed E-state index contributed by atoms with van der Waals surface area (Å²) in [5, 5.41) is 3.04. The number of imide groups is 1. The van der Waals surface area contributed by atoms with E-state index < -0.39 is 6.04 Å². The van der Waals surface area contributed by atoms with Crippen LogP contribution in [0.5, 0.6) is 0 Å². The number of nitrogens with zero attached hydrogens (tertiary/aromatic N) is 2. The topological polar surface area (TPSA) is 96.0 Å². The third-order valence-corrected chi connectivity index (χ3v) is 6.22. The Morgan fingerprint density at radius 2 is 1.67 bits per heavy atom. The highest BCUT2D eigenvalue weighted by Crippen LogP contribution is 2.37. The largest absolute Gasteiger partial charge is 0.450 e.